The van der Waals surface area contributed by atoms with Gasteiger partial charge in [-0.05, 0) is 43.7 Å². The highest BCUT2D eigenvalue weighted by atomic mass is 16.5. The molecule has 4 heterocycles. The number of pyridine rings is 1. The van der Waals surface area contributed by atoms with Crippen LogP contribution in [-0.4, -0.2) is 46.8 Å². The van der Waals surface area contributed by atoms with Crippen molar-refractivity contribution in [3.8, 4) is 11.4 Å². The molecule has 8 nitrogen and oxygen atoms in total. The van der Waals surface area contributed by atoms with Gasteiger partial charge in [0.15, 0.2) is 0 Å². The molecule has 0 radical (unpaired) electrons. The predicted octanol–water partition coefficient (Wildman–Crippen LogP) is 3.12. The summed E-state index contributed by atoms with van der Waals surface area (Å²) in [5.41, 5.74) is 0.831. The summed E-state index contributed by atoms with van der Waals surface area (Å²) in [4.78, 5) is 11.3. The highest BCUT2D eigenvalue weighted by Gasteiger charge is 2.31. The molecule has 0 spiro atoms. The van der Waals surface area contributed by atoms with Crippen molar-refractivity contribution >= 4 is 5.82 Å². The zero-order valence-corrected chi connectivity index (χ0v) is 15.3. The van der Waals surface area contributed by atoms with E-state index in [0.717, 1.165) is 43.1 Å². The van der Waals surface area contributed by atoms with Crippen molar-refractivity contribution in [1.29, 1.82) is 0 Å². The minimum atomic E-state index is 0.124. The van der Waals surface area contributed by atoms with E-state index >= 15 is 0 Å². The second-order valence-corrected chi connectivity index (χ2v) is 6.52. The van der Waals surface area contributed by atoms with Crippen molar-refractivity contribution in [3.05, 3.63) is 48.4 Å². The summed E-state index contributed by atoms with van der Waals surface area (Å²) in [6, 6.07) is 7.86. The van der Waals surface area contributed by atoms with Gasteiger partial charge in [0.25, 0.3) is 0 Å². The Balaban J connectivity index is 1.43. The lowest BCUT2D eigenvalue weighted by atomic mass is 10.2. The zero-order chi connectivity index (χ0) is 18.5. The third-order valence-corrected chi connectivity index (χ3v) is 4.66. The van der Waals surface area contributed by atoms with Gasteiger partial charge in [-0.25, -0.2) is 4.98 Å². The molecule has 4 rings (SSSR count). The SMILES string of the molecule is COCCNc1ccc(-c2noc([C@H]3CCCN3Cc3ccco3)n2)cn1. The van der Waals surface area contributed by atoms with Crippen molar-refractivity contribution in [1.82, 2.24) is 20.0 Å². The number of furan rings is 1. The number of likely N-dealkylation sites (tertiary alicyclic amines) is 1. The van der Waals surface area contributed by atoms with Crippen LogP contribution in [0.5, 0.6) is 0 Å². The predicted molar refractivity (Wildman–Crippen MR) is 99.0 cm³/mol. The van der Waals surface area contributed by atoms with E-state index in [1.54, 1.807) is 19.6 Å². The fraction of sp³-hybridized carbons (Fsp3) is 0.421. The molecule has 0 amide bonds. The van der Waals surface area contributed by atoms with Crippen LogP contribution >= 0.6 is 0 Å². The number of aromatic nitrogens is 3. The molecular weight excluding hydrogens is 346 g/mol. The topological polar surface area (TPSA) is 89.5 Å². The summed E-state index contributed by atoms with van der Waals surface area (Å²) in [6.07, 6.45) is 5.56. The second kappa shape index (κ2) is 8.32. The Kier molecular flexibility index (Phi) is 5.45. The molecule has 1 aliphatic heterocycles. The van der Waals surface area contributed by atoms with Crippen LogP contribution < -0.4 is 5.32 Å². The number of nitrogens with zero attached hydrogens (tertiary/aromatic N) is 4. The molecule has 8 heteroatoms. The van der Waals surface area contributed by atoms with Gasteiger partial charge in [0.2, 0.25) is 11.7 Å². The minimum Gasteiger partial charge on any atom is -0.468 e. The Morgan fingerprint density at radius 2 is 2.30 bits per heavy atom. The van der Waals surface area contributed by atoms with E-state index in [1.807, 2.05) is 24.3 Å². The van der Waals surface area contributed by atoms with E-state index in [4.69, 9.17) is 13.7 Å². The van der Waals surface area contributed by atoms with Crippen LogP contribution in [0.3, 0.4) is 0 Å². The van der Waals surface area contributed by atoms with Gasteiger partial charge in [0.05, 0.1) is 25.5 Å². The molecule has 27 heavy (non-hydrogen) atoms. The first-order valence-corrected chi connectivity index (χ1v) is 9.13. The molecule has 1 aliphatic rings. The maximum Gasteiger partial charge on any atom is 0.244 e. The van der Waals surface area contributed by atoms with Crippen LogP contribution in [0, 0.1) is 0 Å². The third-order valence-electron chi connectivity index (χ3n) is 4.66. The lowest BCUT2D eigenvalue weighted by Gasteiger charge is -2.19. The normalized spacial score (nSPS) is 17.4. The summed E-state index contributed by atoms with van der Waals surface area (Å²) in [7, 11) is 1.67. The quantitative estimate of drug-likeness (QED) is 0.606. The van der Waals surface area contributed by atoms with Gasteiger partial charge < -0.3 is 19.0 Å². The second-order valence-electron chi connectivity index (χ2n) is 6.52. The zero-order valence-electron chi connectivity index (χ0n) is 15.3. The van der Waals surface area contributed by atoms with Gasteiger partial charge in [0, 0.05) is 25.4 Å². The molecule has 1 fully saturated rings. The van der Waals surface area contributed by atoms with Crippen LogP contribution in [0.25, 0.3) is 11.4 Å². The maximum atomic E-state index is 5.57. The molecule has 3 aromatic rings. The average molecular weight is 369 g/mol. The summed E-state index contributed by atoms with van der Waals surface area (Å²) in [6.45, 7) is 3.08. The highest BCUT2D eigenvalue weighted by Crippen LogP contribution is 2.33. The van der Waals surface area contributed by atoms with Crippen LogP contribution in [0.15, 0.2) is 45.7 Å². The third kappa shape index (κ3) is 4.17. The number of rotatable bonds is 8. The van der Waals surface area contributed by atoms with E-state index < -0.39 is 0 Å². The first kappa shape index (κ1) is 17.7. The van der Waals surface area contributed by atoms with Crippen LogP contribution in [0.1, 0.15) is 30.5 Å². The fourth-order valence-corrected chi connectivity index (χ4v) is 3.30. The number of hydrogen-bond donors (Lipinski definition) is 1. The molecule has 0 saturated carbocycles. The fourth-order valence-electron chi connectivity index (χ4n) is 3.30. The number of nitrogens with one attached hydrogen (secondary N) is 1. The van der Waals surface area contributed by atoms with Gasteiger partial charge in [-0.2, -0.15) is 4.98 Å². The Labute approximate surface area is 157 Å². The van der Waals surface area contributed by atoms with Crippen molar-refractivity contribution in [2.24, 2.45) is 0 Å². The van der Waals surface area contributed by atoms with Gasteiger partial charge in [-0.1, -0.05) is 5.16 Å². The molecule has 3 aromatic heterocycles. The van der Waals surface area contributed by atoms with E-state index in [2.05, 4.69) is 25.3 Å². The average Bonchev–Trinajstić information content (AvgIpc) is 3.45. The highest BCUT2D eigenvalue weighted by molar-refractivity contribution is 5.55. The number of methoxy groups -OCH3 is 1. The number of anilines is 1. The lowest BCUT2D eigenvalue weighted by Crippen LogP contribution is -2.22. The van der Waals surface area contributed by atoms with Crippen LogP contribution in [-0.2, 0) is 11.3 Å². The molecule has 1 N–H and O–H groups in total. The van der Waals surface area contributed by atoms with Crippen molar-refractivity contribution in [2.45, 2.75) is 25.4 Å². The standard InChI is InChI=1S/C19H23N5O3/c1-25-11-8-20-17-7-6-14(12-21-17)18-22-19(27-23-18)16-5-2-9-24(16)13-15-4-3-10-26-15/h3-4,6-7,10,12,16H,2,5,8-9,11,13H2,1H3,(H,20,21)/t16-/m1/s1. The molecule has 142 valence electrons. The van der Waals surface area contributed by atoms with E-state index in [9.17, 15) is 0 Å². The van der Waals surface area contributed by atoms with E-state index in [0.29, 0.717) is 24.9 Å². The number of hydrogen-bond acceptors (Lipinski definition) is 8. The van der Waals surface area contributed by atoms with Gasteiger partial charge in [0.1, 0.15) is 11.6 Å². The Morgan fingerprint density at radius 3 is 3.07 bits per heavy atom. The molecular formula is C19H23N5O3. The number of ether oxygens (including phenoxy) is 1. The van der Waals surface area contributed by atoms with E-state index in [-0.39, 0.29) is 6.04 Å². The molecule has 1 saturated heterocycles. The Hall–Kier alpha value is -2.71. The monoisotopic (exact) mass is 369 g/mol. The summed E-state index contributed by atoms with van der Waals surface area (Å²) in [5, 5.41) is 7.34. The maximum absolute atomic E-state index is 5.57. The largest absolute Gasteiger partial charge is 0.468 e. The van der Waals surface area contributed by atoms with Crippen LogP contribution in [0.2, 0.25) is 0 Å². The minimum absolute atomic E-state index is 0.124. The summed E-state index contributed by atoms with van der Waals surface area (Å²) in [5.74, 6) is 2.95. The first-order chi connectivity index (χ1) is 13.3. The Morgan fingerprint density at radius 1 is 1.33 bits per heavy atom. The molecule has 1 atom stereocenters. The molecule has 0 unspecified atom stereocenters. The molecule has 0 bridgehead atoms. The lowest BCUT2D eigenvalue weighted by molar-refractivity contribution is 0.188. The first-order valence-electron chi connectivity index (χ1n) is 9.13. The Bertz CT molecular complexity index is 831. The van der Waals surface area contributed by atoms with Crippen molar-refractivity contribution in [3.63, 3.8) is 0 Å². The summed E-state index contributed by atoms with van der Waals surface area (Å²) >= 11 is 0. The summed E-state index contributed by atoms with van der Waals surface area (Å²) < 4.78 is 16.1. The van der Waals surface area contributed by atoms with Crippen LogP contribution in [0.4, 0.5) is 5.82 Å². The molecule has 0 aliphatic carbocycles. The van der Waals surface area contributed by atoms with Gasteiger partial charge in [-0.15, -0.1) is 0 Å². The van der Waals surface area contributed by atoms with Gasteiger partial charge in [-0.3, -0.25) is 4.90 Å². The van der Waals surface area contributed by atoms with Crippen molar-refractivity contribution in [2.75, 3.05) is 32.1 Å². The smallest absolute Gasteiger partial charge is 0.244 e. The van der Waals surface area contributed by atoms with E-state index in [1.165, 1.54) is 0 Å². The van der Waals surface area contributed by atoms with Gasteiger partial charge >= 0.3 is 0 Å². The van der Waals surface area contributed by atoms with Crippen molar-refractivity contribution < 1.29 is 13.7 Å². The molecule has 0 aromatic carbocycles.